The first-order valence-corrected chi connectivity index (χ1v) is 6.50. The zero-order valence-corrected chi connectivity index (χ0v) is 11.0. The molecule has 1 heterocycles. The van der Waals surface area contributed by atoms with Gasteiger partial charge in [-0.2, -0.15) is 0 Å². The van der Waals surface area contributed by atoms with Gasteiger partial charge in [0.25, 0.3) is 0 Å². The number of likely N-dealkylation sites (tertiary alicyclic amines) is 1. The molecule has 0 saturated carbocycles. The summed E-state index contributed by atoms with van der Waals surface area (Å²) in [4.78, 5) is 14.1. The van der Waals surface area contributed by atoms with Crippen LogP contribution in [0.15, 0.2) is 24.3 Å². The lowest BCUT2D eigenvalue weighted by Gasteiger charge is -2.17. The molecule has 0 aromatic heterocycles. The number of carbonyl (C=O) groups excluding carboxylic acids is 1. The third-order valence-electron chi connectivity index (χ3n) is 3.08. The Bertz CT molecular complexity index is 455. The highest BCUT2D eigenvalue weighted by atomic mass is 32.1. The zero-order valence-electron chi connectivity index (χ0n) is 10.2. The molecule has 0 unspecified atom stereocenters. The molecule has 0 bridgehead atoms. The van der Waals surface area contributed by atoms with E-state index in [9.17, 15) is 4.79 Å². The maximum atomic E-state index is 11.9. The van der Waals surface area contributed by atoms with Crippen LogP contribution in [-0.2, 0) is 4.79 Å². The van der Waals surface area contributed by atoms with E-state index >= 15 is 0 Å². The first-order chi connectivity index (χ1) is 8.68. The summed E-state index contributed by atoms with van der Waals surface area (Å²) in [5.41, 5.74) is 7.24. The second kappa shape index (κ2) is 5.82. The Kier molecular flexibility index (Phi) is 4.15. The Morgan fingerprint density at radius 3 is 2.67 bits per heavy atom. The van der Waals surface area contributed by atoms with Crippen LogP contribution in [0.3, 0.4) is 0 Å². The number of para-hydroxylation sites is 1. The third-order valence-corrected chi connectivity index (χ3v) is 3.30. The summed E-state index contributed by atoms with van der Waals surface area (Å²) in [6.07, 6.45) is 2.21. The lowest BCUT2D eigenvalue weighted by molar-refractivity contribution is -0.128. The molecular formula is C13H17N3OS. The molecule has 5 heteroatoms. The van der Waals surface area contributed by atoms with Crippen molar-refractivity contribution in [3.05, 3.63) is 29.8 Å². The van der Waals surface area contributed by atoms with E-state index in [1.807, 2.05) is 29.2 Å². The highest BCUT2D eigenvalue weighted by molar-refractivity contribution is 7.80. The molecule has 1 fully saturated rings. The molecule has 2 rings (SSSR count). The van der Waals surface area contributed by atoms with Crippen molar-refractivity contribution in [3.63, 3.8) is 0 Å². The van der Waals surface area contributed by atoms with Gasteiger partial charge in [-0.1, -0.05) is 24.4 Å². The summed E-state index contributed by atoms with van der Waals surface area (Å²) >= 11 is 4.98. The fourth-order valence-corrected chi connectivity index (χ4v) is 2.28. The minimum absolute atomic E-state index is 0.130. The van der Waals surface area contributed by atoms with Crippen LogP contribution in [0.1, 0.15) is 18.4 Å². The minimum atomic E-state index is 0.130. The summed E-state index contributed by atoms with van der Waals surface area (Å²) in [6.45, 7) is 2.04. The Labute approximate surface area is 112 Å². The summed E-state index contributed by atoms with van der Waals surface area (Å²) in [5.74, 6) is 0.130. The second-order valence-corrected chi connectivity index (χ2v) is 4.79. The number of benzene rings is 1. The second-order valence-electron chi connectivity index (χ2n) is 4.35. The van der Waals surface area contributed by atoms with Crippen LogP contribution >= 0.6 is 12.2 Å². The lowest BCUT2D eigenvalue weighted by atomic mass is 10.2. The number of amides is 1. The number of carbonyl (C=O) groups is 1. The Hall–Kier alpha value is -1.62. The van der Waals surface area contributed by atoms with Crippen LogP contribution in [0.4, 0.5) is 5.69 Å². The molecular weight excluding hydrogens is 246 g/mol. The monoisotopic (exact) mass is 263 g/mol. The van der Waals surface area contributed by atoms with Crippen LogP contribution in [0.5, 0.6) is 0 Å². The van der Waals surface area contributed by atoms with E-state index in [-0.39, 0.29) is 5.91 Å². The van der Waals surface area contributed by atoms with Crippen LogP contribution in [-0.4, -0.2) is 35.4 Å². The summed E-state index contributed by atoms with van der Waals surface area (Å²) in [7, 11) is 0. The van der Waals surface area contributed by atoms with Crippen molar-refractivity contribution < 1.29 is 4.79 Å². The fraction of sp³-hybridized carbons (Fsp3) is 0.385. The van der Waals surface area contributed by atoms with Gasteiger partial charge in [0.15, 0.2) is 0 Å². The van der Waals surface area contributed by atoms with E-state index in [0.29, 0.717) is 11.5 Å². The number of nitrogens with zero attached hydrogens (tertiary/aromatic N) is 1. The molecule has 1 aliphatic rings. The SMILES string of the molecule is NC(=S)c1ccccc1NCC(=O)N1CCCC1. The molecule has 1 aromatic carbocycles. The van der Waals surface area contributed by atoms with E-state index in [1.54, 1.807) is 0 Å². The van der Waals surface area contributed by atoms with Crippen molar-refractivity contribution in [2.45, 2.75) is 12.8 Å². The van der Waals surface area contributed by atoms with Gasteiger partial charge in [0.2, 0.25) is 5.91 Å². The predicted octanol–water partition coefficient (Wildman–Crippen LogP) is 1.36. The van der Waals surface area contributed by atoms with E-state index in [2.05, 4.69) is 5.32 Å². The van der Waals surface area contributed by atoms with Gasteiger partial charge in [-0.15, -0.1) is 0 Å². The van der Waals surface area contributed by atoms with Crippen molar-refractivity contribution in [1.29, 1.82) is 0 Å². The average molecular weight is 263 g/mol. The number of hydrogen-bond acceptors (Lipinski definition) is 3. The Morgan fingerprint density at radius 1 is 1.33 bits per heavy atom. The molecule has 1 saturated heterocycles. The summed E-state index contributed by atoms with van der Waals surface area (Å²) in [5, 5.41) is 3.11. The smallest absolute Gasteiger partial charge is 0.241 e. The van der Waals surface area contributed by atoms with Crippen molar-refractivity contribution in [2.75, 3.05) is 25.0 Å². The van der Waals surface area contributed by atoms with Crippen molar-refractivity contribution in [3.8, 4) is 0 Å². The average Bonchev–Trinajstić information content (AvgIpc) is 2.90. The van der Waals surface area contributed by atoms with Gasteiger partial charge in [-0.25, -0.2) is 0 Å². The zero-order chi connectivity index (χ0) is 13.0. The molecule has 1 aromatic rings. The summed E-state index contributed by atoms with van der Waals surface area (Å²) < 4.78 is 0. The van der Waals surface area contributed by atoms with Crippen molar-refractivity contribution >= 4 is 28.8 Å². The van der Waals surface area contributed by atoms with Gasteiger partial charge in [-0.05, 0) is 25.0 Å². The molecule has 1 amide bonds. The molecule has 3 N–H and O–H groups in total. The number of thiocarbonyl (C=S) groups is 1. The highest BCUT2D eigenvalue weighted by Gasteiger charge is 2.17. The first-order valence-electron chi connectivity index (χ1n) is 6.09. The largest absolute Gasteiger partial charge is 0.389 e. The van der Waals surface area contributed by atoms with Crippen LogP contribution in [0.2, 0.25) is 0 Å². The maximum absolute atomic E-state index is 11.9. The quantitative estimate of drug-likeness (QED) is 0.805. The molecule has 96 valence electrons. The molecule has 0 spiro atoms. The molecule has 0 atom stereocenters. The van der Waals surface area contributed by atoms with Gasteiger partial charge in [-0.3, -0.25) is 4.79 Å². The lowest BCUT2D eigenvalue weighted by Crippen LogP contribution is -2.33. The van der Waals surface area contributed by atoms with E-state index in [1.165, 1.54) is 0 Å². The van der Waals surface area contributed by atoms with E-state index in [4.69, 9.17) is 18.0 Å². The van der Waals surface area contributed by atoms with Gasteiger partial charge in [0.05, 0.1) is 6.54 Å². The molecule has 18 heavy (non-hydrogen) atoms. The van der Waals surface area contributed by atoms with Gasteiger partial charge >= 0.3 is 0 Å². The van der Waals surface area contributed by atoms with Crippen LogP contribution in [0, 0.1) is 0 Å². The minimum Gasteiger partial charge on any atom is -0.389 e. The van der Waals surface area contributed by atoms with Crippen LogP contribution < -0.4 is 11.1 Å². The van der Waals surface area contributed by atoms with Crippen molar-refractivity contribution in [1.82, 2.24) is 4.90 Å². The number of nitrogens with two attached hydrogens (primary N) is 1. The molecule has 1 aliphatic heterocycles. The molecule has 0 radical (unpaired) electrons. The van der Waals surface area contributed by atoms with Gasteiger partial charge in [0.1, 0.15) is 4.99 Å². The first kappa shape index (κ1) is 12.8. The maximum Gasteiger partial charge on any atom is 0.241 e. The highest BCUT2D eigenvalue weighted by Crippen LogP contribution is 2.15. The van der Waals surface area contributed by atoms with E-state index < -0.39 is 0 Å². The molecule has 0 aliphatic carbocycles. The normalized spacial score (nSPS) is 14.6. The Morgan fingerprint density at radius 2 is 2.00 bits per heavy atom. The number of hydrogen-bond donors (Lipinski definition) is 2. The number of anilines is 1. The topological polar surface area (TPSA) is 58.4 Å². The van der Waals surface area contributed by atoms with Crippen molar-refractivity contribution in [2.24, 2.45) is 5.73 Å². The van der Waals surface area contributed by atoms with E-state index in [0.717, 1.165) is 37.2 Å². The number of nitrogens with one attached hydrogen (secondary N) is 1. The number of rotatable bonds is 4. The summed E-state index contributed by atoms with van der Waals surface area (Å²) in [6, 6.07) is 7.50. The van der Waals surface area contributed by atoms with Crippen LogP contribution in [0.25, 0.3) is 0 Å². The van der Waals surface area contributed by atoms with Gasteiger partial charge in [0, 0.05) is 24.3 Å². The standard InChI is InChI=1S/C13H17N3OS/c14-13(18)10-5-1-2-6-11(10)15-9-12(17)16-7-3-4-8-16/h1-2,5-6,15H,3-4,7-9H2,(H2,14,18). The van der Waals surface area contributed by atoms with Gasteiger partial charge < -0.3 is 16.0 Å². The Balaban J connectivity index is 1.97. The fourth-order valence-electron chi connectivity index (χ4n) is 2.10. The third kappa shape index (κ3) is 2.98. The predicted molar refractivity (Wildman–Crippen MR) is 76.6 cm³/mol. The molecule has 4 nitrogen and oxygen atoms in total.